The summed E-state index contributed by atoms with van der Waals surface area (Å²) in [6.45, 7) is 0. The van der Waals surface area contributed by atoms with Crippen LogP contribution in [0.5, 0.6) is 0 Å². The van der Waals surface area contributed by atoms with Gasteiger partial charge in [0, 0.05) is 11.6 Å². The second-order valence-electron chi connectivity index (χ2n) is 3.69. The maximum absolute atomic E-state index is 11.3. The summed E-state index contributed by atoms with van der Waals surface area (Å²) in [6, 6.07) is 8.70. The number of hydrogen-bond acceptors (Lipinski definition) is 3. The van der Waals surface area contributed by atoms with E-state index in [-0.39, 0.29) is 10.3 Å². The molecular formula is C11H7ClN4OS. The lowest BCUT2D eigenvalue weighted by Gasteiger charge is -2.04. The number of hydrogen-bond donors (Lipinski definition) is 2. The molecule has 2 heterocycles. The van der Waals surface area contributed by atoms with E-state index in [0.717, 1.165) is 5.56 Å². The molecule has 0 saturated carbocycles. The van der Waals surface area contributed by atoms with E-state index in [1.54, 1.807) is 6.07 Å². The SMILES string of the molecule is O=c1cc2[nH]c(-c3ccccc3Cl)nc(=S)n2[nH]1. The Hall–Kier alpha value is -1.92. The number of nitrogens with one attached hydrogen (secondary N) is 2. The number of H-pyrrole nitrogens is 2. The second kappa shape index (κ2) is 4.08. The van der Waals surface area contributed by atoms with Crippen LogP contribution >= 0.6 is 23.8 Å². The zero-order valence-corrected chi connectivity index (χ0v) is 10.5. The molecule has 18 heavy (non-hydrogen) atoms. The van der Waals surface area contributed by atoms with Crippen LogP contribution in [0.4, 0.5) is 0 Å². The van der Waals surface area contributed by atoms with E-state index in [1.165, 1.54) is 10.6 Å². The van der Waals surface area contributed by atoms with Gasteiger partial charge in [0.25, 0.3) is 5.56 Å². The molecule has 0 unspecified atom stereocenters. The predicted molar refractivity (Wildman–Crippen MR) is 71.4 cm³/mol. The number of rotatable bonds is 1. The molecule has 0 atom stereocenters. The molecule has 0 aliphatic carbocycles. The minimum Gasteiger partial charge on any atom is -0.324 e. The average Bonchev–Trinajstić information content (AvgIpc) is 2.71. The van der Waals surface area contributed by atoms with Crippen LogP contribution in [-0.4, -0.2) is 19.6 Å². The Bertz CT molecular complexity index is 848. The summed E-state index contributed by atoms with van der Waals surface area (Å²) in [7, 11) is 0. The van der Waals surface area contributed by atoms with Gasteiger partial charge in [0.05, 0.1) is 5.02 Å². The van der Waals surface area contributed by atoms with Gasteiger partial charge in [-0.05, 0) is 24.4 Å². The van der Waals surface area contributed by atoms with Gasteiger partial charge in [-0.1, -0.05) is 23.7 Å². The zero-order valence-electron chi connectivity index (χ0n) is 8.98. The molecule has 0 saturated heterocycles. The van der Waals surface area contributed by atoms with Crippen LogP contribution in [0.3, 0.4) is 0 Å². The predicted octanol–water partition coefficient (Wildman–Crippen LogP) is 2.40. The lowest BCUT2D eigenvalue weighted by atomic mass is 10.2. The molecule has 2 aromatic heterocycles. The molecule has 0 fully saturated rings. The number of benzene rings is 1. The van der Waals surface area contributed by atoms with Crippen LogP contribution < -0.4 is 5.56 Å². The summed E-state index contributed by atoms with van der Waals surface area (Å²) in [5.74, 6) is 0.532. The normalized spacial score (nSPS) is 10.9. The topological polar surface area (TPSA) is 65.9 Å². The summed E-state index contributed by atoms with van der Waals surface area (Å²) in [5.41, 5.74) is 1.05. The molecule has 0 spiro atoms. The van der Waals surface area contributed by atoms with Gasteiger partial charge >= 0.3 is 0 Å². The van der Waals surface area contributed by atoms with Crippen molar-refractivity contribution >= 4 is 29.5 Å². The van der Waals surface area contributed by atoms with Gasteiger partial charge in [-0.25, -0.2) is 9.50 Å². The highest BCUT2D eigenvalue weighted by molar-refractivity contribution is 7.71. The highest BCUT2D eigenvalue weighted by Crippen LogP contribution is 2.24. The molecule has 2 N–H and O–H groups in total. The van der Waals surface area contributed by atoms with Gasteiger partial charge in [0.2, 0.25) is 4.77 Å². The van der Waals surface area contributed by atoms with Crippen LogP contribution in [0.15, 0.2) is 35.1 Å². The van der Waals surface area contributed by atoms with Crippen LogP contribution in [0.2, 0.25) is 5.02 Å². The highest BCUT2D eigenvalue weighted by atomic mass is 35.5. The Kier molecular flexibility index (Phi) is 2.53. The van der Waals surface area contributed by atoms with Crippen molar-refractivity contribution in [2.75, 3.05) is 0 Å². The number of nitrogens with zero attached hydrogens (tertiary/aromatic N) is 2. The van der Waals surface area contributed by atoms with E-state index in [0.29, 0.717) is 16.5 Å². The van der Waals surface area contributed by atoms with Crippen molar-refractivity contribution in [3.8, 4) is 11.4 Å². The van der Waals surface area contributed by atoms with Crippen molar-refractivity contribution < 1.29 is 0 Å². The molecule has 0 aliphatic rings. The number of aromatic amines is 2. The fourth-order valence-electron chi connectivity index (χ4n) is 1.71. The quantitative estimate of drug-likeness (QED) is 0.672. The molecule has 5 nitrogen and oxygen atoms in total. The maximum atomic E-state index is 11.3. The van der Waals surface area contributed by atoms with Gasteiger partial charge in [0.15, 0.2) is 0 Å². The van der Waals surface area contributed by atoms with E-state index in [9.17, 15) is 4.79 Å². The van der Waals surface area contributed by atoms with Crippen LogP contribution in [-0.2, 0) is 0 Å². The zero-order chi connectivity index (χ0) is 12.7. The van der Waals surface area contributed by atoms with E-state index >= 15 is 0 Å². The van der Waals surface area contributed by atoms with Crippen molar-refractivity contribution in [3.63, 3.8) is 0 Å². The summed E-state index contributed by atoms with van der Waals surface area (Å²) in [6.07, 6.45) is 0. The molecule has 7 heteroatoms. The van der Waals surface area contributed by atoms with Crippen molar-refractivity contribution in [2.24, 2.45) is 0 Å². The molecule has 0 radical (unpaired) electrons. The third-order valence-corrected chi connectivity index (χ3v) is 3.11. The smallest absolute Gasteiger partial charge is 0.266 e. The van der Waals surface area contributed by atoms with E-state index in [4.69, 9.17) is 23.8 Å². The van der Waals surface area contributed by atoms with Gasteiger partial charge in [-0.15, -0.1) is 0 Å². The third-order valence-electron chi connectivity index (χ3n) is 2.50. The van der Waals surface area contributed by atoms with Crippen molar-refractivity contribution in [1.82, 2.24) is 19.6 Å². The molecule has 3 aromatic rings. The van der Waals surface area contributed by atoms with Crippen LogP contribution in [0.25, 0.3) is 17.0 Å². The Morgan fingerprint density at radius 2 is 2.11 bits per heavy atom. The standard InChI is InChI=1S/C11H7ClN4OS/c12-7-4-2-1-3-6(7)10-13-8-5-9(17)15-16(8)11(18)14-10/h1-5H,(H,15,17)(H,13,14,18). The average molecular weight is 279 g/mol. The minimum atomic E-state index is -0.240. The Balaban J connectivity index is 2.34. The number of fused-ring (bicyclic) bond motifs is 1. The summed E-state index contributed by atoms with van der Waals surface area (Å²) >= 11 is 11.2. The number of halogens is 1. The monoisotopic (exact) mass is 278 g/mol. The Labute approximate surface area is 111 Å². The largest absolute Gasteiger partial charge is 0.324 e. The number of aromatic nitrogens is 4. The lowest BCUT2D eigenvalue weighted by Crippen LogP contribution is -2.02. The van der Waals surface area contributed by atoms with Crippen molar-refractivity contribution in [2.45, 2.75) is 0 Å². The molecule has 0 bridgehead atoms. The minimum absolute atomic E-state index is 0.240. The summed E-state index contributed by atoms with van der Waals surface area (Å²) < 4.78 is 1.68. The van der Waals surface area contributed by atoms with Gasteiger partial charge in [-0.3, -0.25) is 9.89 Å². The first kappa shape index (κ1) is 11.2. The van der Waals surface area contributed by atoms with Gasteiger partial charge < -0.3 is 4.98 Å². The first-order valence-corrected chi connectivity index (χ1v) is 5.91. The van der Waals surface area contributed by atoms with E-state index < -0.39 is 0 Å². The Morgan fingerprint density at radius 3 is 2.89 bits per heavy atom. The first-order valence-electron chi connectivity index (χ1n) is 5.12. The lowest BCUT2D eigenvalue weighted by molar-refractivity contribution is 0.863. The molecule has 0 aliphatic heterocycles. The van der Waals surface area contributed by atoms with Gasteiger partial charge in [-0.2, -0.15) is 0 Å². The molecular weight excluding hydrogens is 272 g/mol. The maximum Gasteiger partial charge on any atom is 0.266 e. The molecule has 3 rings (SSSR count). The van der Waals surface area contributed by atoms with Crippen LogP contribution in [0, 0.1) is 4.77 Å². The molecule has 1 aromatic carbocycles. The molecule has 90 valence electrons. The summed E-state index contributed by atoms with van der Waals surface area (Å²) in [4.78, 5) is 18.5. The fourth-order valence-corrected chi connectivity index (χ4v) is 2.17. The fraction of sp³-hybridized carbons (Fsp3) is 0. The summed E-state index contributed by atoms with van der Waals surface area (Å²) in [5, 5.41) is 3.12. The first-order chi connectivity index (χ1) is 8.65. The van der Waals surface area contributed by atoms with Crippen LogP contribution in [0.1, 0.15) is 0 Å². The second-order valence-corrected chi connectivity index (χ2v) is 4.46. The third kappa shape index (κ3) is 1.75. The van der Waals surface area contributed by atoms with E-state index in [1.807, 2.05) is 18.2 Å². The van der Waals surface area contributed by atoms with Gasteiger partial charge in [0.1, 0.15) is 11.5 Å². The Morgan fingerprint density at radius 1 is 1.33 bits per heavy atom. The highest BCUT2D eigenvalue weighted by Gasteiger charge is 2.07. The van der Waals surface area contributed by atoms with Crippen molar-refractivity contribution in [3.05, 3.63) is 50.5 Å². The van der Waals surface area contributed by atoms with E-state index in [2.05, 4.69) is 15.1 Å². The molecule has 0 amide bonds. The van der Waals surface area contributed by atoms with Crippen molar-refractivity contribution in [1.29, 1.82) is 0 Å².